The topological polar surface area (TPSA) is 35.5 Å². The second-order valence-electron chi connectivity index (χ2n) is 6.90. The van der Waals surface area contributed by atoms with Crippen molar-refractivity contribution < 1.29 is 5.11 Å². The number of hydrogen-bond acceptors (Lipinski definition) is 3. The monoisotopic (exact) mass is 270 g/mol. The number of likely N-dealkylation sites (N-methyl/N-ethyl adjacent to an activating group) is 1. The number of hydrogen-bond donors (Lipinski definition) is 2. The van der Waals surface area contributed by atoms with Crippen LogP contribution in [0.1, 0.15) is 59.3 Å². The van der Waals surface area contributed by atoms with Crippen LogP contribution in [0.15, 0.2) is 0 Å². The first-order valence-corrected chi connectivity index (χ1v) is 8.03. The molecule has 0 saturated heterocycles. The third kappa shape index (κ3) is 5.80. The standard InChI is InChI=1S/C16H34N2O/c1-14(2)17-12-16(9-7-5-6-8-10-16)13-18(4)15(3)11-19/h14-15,17,19H,5-13H2,1-4H3. The molecule has 1 unspecified atom stereocenters. The molecule has 1 saturated carbocycles. The van der Waals surface area contributed by atoms with Crippen LogP contribution in [0.3, 0.4) is 0 Å². The summed E-state index contributed by atoms with van der Waals surface area (Å²) in [6.45, 7) is 9.04. The van der Waals surface area contributed by atoms with Gasteiger partial charge in [0.2, 0.25) is 0 Å². The summed E-state index contributed by atoms with van der Waals surface area (Å²) in [5.74, 6) is 0. The fourth-order valence-electron chi connectivity index (χ4n) is 3.11. The van der Waals surface area contributed by atoms with Crippen molar-refractivity contribution in [3.8, 4) is 0 Å². The first kappa shape index (κ1) is 16.9. The molecule has 0 heterocycles. The smallest absolute Gasteiger partial charge is 0.0584 e. The molecule has 1 fully saturated rings. The fraction of sp³-hybridized carbons (Fsp3) is 1.00. The van der Waals surface area contributed by atoms with E-state index >= 15 is 0 Å². The normalized spacial score (nSPS) is 21.6. The van der Waals surface area contributed by atoms with Crippen molar-refractivity contribution in [3.63, 3.8) is 0 Å². The van der Waals surface area contributed by atoms with Crippen molar-refractivity contribution in [1.29, 1.82) is 0 Å². The lowest BCUT2D eigenvalue weighted by atomic mass is 9.79. The van der Waals surface area contributed by atoms with Gasteiger partial charge in [0.15, 0.2) is 0 Å². The minimum absolute atomic E-state index is 0.254. The van der Waals surface area contributed by atoms with Crippen LogP contribution >= 0.6 is 0 Å². The van der Waals surface area contributed by atoms with Gasteiger partial charge in [-0.25, -0.2) is 0 Å². The second-order valence-corrected chi connectivity index (χ2v) is 6.90. The Hall–Kier alpha value is -0.120. The number of aliphatic hydroxyl groups excluding tert-OH is 1. The number of rotatable bonds is 7. The van der Waals surface area contributed by atoms with Crippen LogP contribution in [0.5, 0.6) is 0 Å². The highest BCUT2D eigenvalue weighted by Gasteiger charge is 2.32. The summed E-state index contributed by atoms with van der Waals surface area (Å²) in [5.41, 5.74) is 0.402. The van der Waals surface area contributed by atoms with Crippen molar-refractivity contribution in [2.75, 3.05) is 26.7 Å². The molecule has 0 spiro atoms. The summed E-state index contributed by atoms with van der Waals surface area (Å²) in [4.78, 5) is 2.34. The highest BCUT2D eigenvalue weighted by Crippen LogP contribution is 2.35. The van der Waals surface area contributed by atoms with Gasteiger partial charge in [0.1, 0.15) is 0 Å². The first-order chi connectivity index (χ1) is 8.99. The van der Waals surface area contributed by atoms with Crippen molar-refractivity contribution in [3.05, 3.63) is 0 Å². The summed E-state index contributed by atoms with van der Waals surface area (Å²) in [7, 11) is 2.16. The SMILES string of the molecule is CC(C)NCC1(CN(C)C(C)CO)CCCCCC1. The highest BCUT2D eigenvalue weighted by atomic mass is 16.3. The van der Waals surface area contributed by atoms with E-state index in [0.717, 1.165) is 13.1 Å². The van der Waals surface area contributed by atoms with Crippen LogP contribution in [-0.4, -0.2) is 48.8 Å². The molecule has 1 atom stereocenters. The maximum atomic E-state index is 9.34. The van der Waals surface area contributed by atoms with Gasteiger partial charge in [0.05, 0.1) is 6.61 Å². The largest absolute Gasteiger partial charge is 0.395 e. The van der Waals surface area contributed by atoms with E-state index in [2.05, 4.69) is 38.0 Å². The number of nitrogens with zero attached hydrogens (tertiary/aromatic N) is 1. The van der Waals surface area contributed by atoms with Crippen LogP contribution < -0.4 is 5.32 Å². The molecule has 1 rings (SSSR count). The molecule has 3 nitrogen and oxygen atoms in total. The maximum absolute atomic E-state index is 9.34. The number of nitrogens with one attached hydrogen (secondary N) is 1. The molecule has 19 heavy (non-hydrogen) atoms. The molecular formula is C16H34N2O. The lowest BCUT2D eigenvalue weighted by Crippen LogP contribution is -2.47. The van der Waals surface area contributed by atoms with E-state index < -0.39 is 0 Å². The van der Waals surface area contributed by atoms with Crippen LogP contribution in [0, 0.1) is 5.41 Å². The van der Waals surface area contributed by atoms with Crippen LogP contribution in [0.2, 0.25) is 0 Å². The Morgan fingerprint density at radius 1 is 1.11 bits per heavy atom. The predicted molar refractivity (Wildman–Crippen MR) is 82.5 cm³/mol. The lowest BCUT2D eigenvalue weighted by molar-refractivity contribution is 0.0892. The van der Waals surface area contributed by atoms with Crippen LogP contribution in [0.25, 0.3) is 0 Å². The molecule has 0 aliphatic heterocycles. The van der Waals surface area contributed by atoms with E-state index in [4.69, 9.17) is 0 Å². The Bertz CT molecular complexity index is 235. The van der Waals surface area contributed by atoms with Gasteiger partial charge in [-0.1, -0.05) is 39.5 Å². The zero-order valence-electron chi connectivity index (χ0n) is 13.4. The first-order valence-electron chi connectivity index (χ1n) is 8.03. The van der Waals surface area contributed by atoms with E-state index in [1.165, 1.54) is 38.5 Å². The molecule has 0 radical (unpaired) electrons. The zero-order valence-corrected chi connectivity index (χ0v) is 13.4. The Morgan fingerprint density at radius 2 is 1.68 bits per heavy atom. The van der Waals surface area contributed by atoms with Gasteiger partial charge >= 0.3 is 0 Å². The molecule has 2 N–H and O–H groups in total. The van der Waals surface area contributed by atoms with Gasteiger partial charge < -0.3 is 15.3 Å². The molecule has 0 amide bonds. The van der Waals surface area contributed by atoms with Gasteiger partial charge in [-0.2, -0.15) is 0 Å². The van der Waals surface area contributed by atoms with E-state index in [1.807, 2.05) is 0 Å². The predicted octanol–water partition coefficient (Wildman–Crippen LogP) is 2.64. The van der Waals surface area contributed by atoms with Crippen molar-refractivity contribution in [1.82, 2.24) is 10.2 Å². The number of aliphatic hydroxyl groups is 1. The summed E-state index contributed by atoms with van der Waals surface area (Å²) >= 11 is 0. The Morgan fingerprint density at radius 3 is 2.16 bits per heavy atom. The minimum atomic E-state index is 0.254. The summed E-state index contributed by atoms with van der Waals surface area (Å²) in [5, 5.41) is 13.0. The molecule has 3 heteroatoms. The zero-order chi connectivity index (χ0) is 14.3. The lowest BCUT2D eigenvalue weighted by Gasteiger charge is -2.39. The average Bonchev–Trinajstić information content (AvgIpc) is 2.61. The van der Waals surface area contributed by atoms with Gasteiger partial charge in [-0.15, -0.1) is 0 Å². The minimum Gasteiger partial charge on any atom is -0.395 e. The van der Waals surface area contributed by atoms with E-state index in [-0.39, 0.29) is 12.6 Å². The van der Waals surface area contributed by atoms with Gasteiger partial charge in [-0.3, -0.25) is 0 Å². The quantitative estimate of drug-likeness (QED) is 0.698. The van der Waals surface area contributed by atoms with Crippen LogP contribution in [0.4, 0.5) is 0 Å². The highest BCUT2D eigenvalue weighted by molar-refractivity contribution is 4.87. The summed E-state index contributed by atoms with van der Waals surface area (Å²) in [6, 6.07) is 0.819. The second kappa shape index (κ2) is 8.23. The molecule has 0 aromatic carbocycles. The molecule has 1 aliphatic rings. The van der Waals surface area contributed by atoms with Crippen molar-refractivity contribution in [2.24, 2.45) is 5.41 Å². The molecule has 0 bridgehead atoms. The van der Waals surface area contributed by atoms with Gasteiger partial charge in [0, 0.05) is 25.2 Å². The van der Waals surface area contributed by atoms with E-state index in [9.17, 15) is 5.11 Å². The Balaban J connectivity index is 2.66. The molecule has 0 aromatic heterocycles. The van der Waals surface area contributed by atoms with E-state index in [0.29, 0.717) is 11.5 Å². The third-order valence-corrected chi connectivity index (χ3v) is 4.65. The molecule has 0 aromatic rings. The van der Waals surface area contributed by atoms with E-state index in [1.54, 1.807) is 0 Å². The molecule has 114 valence electrons. The Kier molecular flexibility index (Phi) is 7.33. The van der Waals surface area contributed by atoms with Gasteiger partial charge in [-0.05, 0) is 32.2 Å². The molecular weight excluding hydrogens is 236 g/mol. The summed E-state index contributed by atoms with van der Waals surface area (Å²) < 4.78 is 0. The van der Waals surface area contributed by atoms with Crippen LogP contribution in [-0.2, 0) is 0 Å². The Labute approximate surface area is 119 Å². The molecule has 1 aliphatic carbocycles. The summed E-state index contributed by atoms with van der Waals surface area (Å²) in [6.07, 6.45) is 8.16. The van der Waals surface area contributed by atoms with Crippen molar-refractivity contribution in [2.45, 2.75) is 71.4 Å². The van der Waals surface area contributed by atoms with Crippen molar-refractivity contribution >= 4 is 0 Å². The fourth-order valence-corrected chi connectivity index (χ4v) is 3.11. The maximum Gasteiger partial charge on any atom is 0.0584 e. The van der Waals surface area contributed by atoms with Gasteiger partial charge in [0.25, 0.3) is 0 Å². The average molecular weight is 270 g/mol. The third-order valence-electron chi connectivity index (χ3n) is 4.65.